The minimum atomic E-state index is 0.702. The van der Waals surface area contributed by atoms with E-state index < -0.39 is 0 Å². The van der Waals surface area contributed by atoms with Crippen LogP contribution in [0.25, 0.3) is 0 Å². The summed E-state index contributed by atoms with van der Waals surface area (Å²) >= 11 is 3.45. The van der Waals surface area contributed by atoms with Gasteiger partial charge >= 0.3 is 0 Å². The van der Waals surface area contributed by atoms with Gasteiger partial charge in [0.1, 0.15) is 12.4 Å². The first-order valence-electron chi connectivity index (χ1n) is 6.91. The number of nitrogens with one attached hydrogen (secondary N) is 1. The lowest BCUT2D eigenvalue weighted by molar-refractivity contribution is 0.143. The van der Waals surface area contributed by atoms with Crippen molar-refractivity contribution in [1.82, 2.24) is 5.32 Å². The van der Waals surface area contributed by atoms with Gasteiger partial charge in [-0.15, -0.1) is 0 Å². The zero-order chi connectivity index (χ0) is 13.9. The molecule has 0 aliphatic carbocycles. The topological polar surface area (TPSA) is 30.5 Å². The van der Waals surface area contributed by atoms with Gasteiger partial charge in [0, 0.05) is 24.2 Å². The molecule has 19 heavy (non-hydrogen) atoms. The van der Waals surface area contributed by atoms with Gasteiger partial charge in [0.2, 0.25) is 0 Å². The van der Waals surface area contributed by atoms with Gasteiger partial charge in [0.25, 0.3) is 0 Å². The van der Waals surface area contributed by atoms with Crippen LogP contribution < -0.4 is 10.1 Å². The van der Waals surface area contributed by atoms with Gasteiger partial charge in [0.15, 0.2) is 0 Å². The second-order valence-electron chi connectivity index (χ2n) is 4.41. The third-order valence-corrected chi connectivity index (χ3v) is 3.26. The minimum absolute atomic E-state index is 0.702. The molecule has 0 amide bonds. The molecule has 0 aliphatic rings. The highest BCUT2D eigenvalue weighted by Gasteiger charge is 1.99. The standard InChI is InChI=1S/C15H24BrNO2/c1-3-18-10-5-4-8-17-9-11-19-15-7-6-14(16)12-13(15)2/h6-7,12,17H,3-5,8-11H2,1-2H3. The van der Waals surface area contributed by atoms with Crippen molar-refractivity contribution >= 4 is 15.9 Å². The Hall–Kier alpha value is -0.580. The first kappa shape index (κ1) is 16.5. The van der Waals surface area contributed by atoms with Crippen LogP contribution >= 0.6 is 15.9 Å². The maximum atomic E-state index is 5.73. The van der Waals surface area contributed by atoms with Crippen molar-refractivity contribution in [3.63, 3.8) is 0 Å². The smallest absolute Gasteiger partial charge is 0.122 e. The fourth-order valence-corrected chi connectivity index (χ4v) is 2.21. The van der Waals surface area contributed by atoms with Gasteiger partial charge in [-0.1, -0.05) is 15.9 Å². The summed E-state index contributed by atoms with van der Waals surface area (Å²) in [6.07, 6.45) is 2.27. The Morgan fingerprint density at radius 1 is 1.16 bits per heavy atom. The quantitative estimate of drug-likeness (QED) is 0.666. The van der Waals surface area contributed by atoms with E-state index in [-0.39, 0.29) is 0 Å². The number of halogens is 1. The molecule has 0 aliphatic heterocycles. The molecule has 0 unspecified atom stereocenters. The first-order valence-corrected chi connectivity index (χ1v) is 7.70. The van der Waals surface area contributed by atoms with Crippen molar-refractivity contribution in [3.05, 3.63) is 28.2 Å². The summed E-state index contributed by atoms with van der Waals surface area (Å²) in [7, 11) is 0. The second kappa shape index (κ2) is 10.2. The van der Waals surface area contributed by atoms with Crippen LogP contribution in [0.15, 0.2) is 22.7 Å². The normalized spacial score (nSPS) is 10.7. The van der Waals surface area contributed by atoms with Crippen molar-refractivity contribution in [2.24, 2.45) is 0 Å². The van der Waals surface area contributed by atoms with Crippen LogP contribution in [0.5, 0.6) is 5.75 Å². The zero-order valence-electron chi connectivity index (χ0n) is 11.9. The molecule has 1 aromatic carbocycles. The summed E-state index contributed by atoms with van der Waals surface area (Å²) in [5, 5.41) is 3.37. The summed E-state index contributed by atoms with van der Waals surface area (Å²) in [4.78, 5) is 0. The molecule has 0 saturated carbocycles. The van der Waals surface area contributed by atoms with Gasteiger partial charge in [-0.05, 0) is 57.0 Å². The summed E-state index contributed by atoms with van der Waals surface area (Å²) in [5.41, 5.74) is 1.16. The van der Waals surface area contributed by atoms with Crippen LogP contribution in [0, 0.1) is 6.92 Å². The van der Waals surface area contributed by atoms with Crippen molar-refractivity contribution in [2.75, 3.05) is 32.9 Å². The molecule has 0 saturated heterocycles. The van der Waals surface area contributed by atoms with E-state index in [4.69, 9.17) is 9.47 Å². The molecular weight excluding hydrogens is 306 g/mol. The Kier molecular flexibility index (Phi) is 8.88. The van der Waals surface area contributed by atoms with Crippen LogP contribution in [0.3, 0.4) is 0 Å². The van der Waals surface area contributed by atoms with E-state index in [1.165, 1.54) is 0 Å². The average Bonchev–Trinajstić information content (AvgIpc) is 2.39. The van der Waals surface area contributed by atoms with Gasteiger partial charge < -0.3 is 14.8 Å². The average molecular weight is 330 g/mol. The largest absolute Gasteiger partial charge is 0.492 e. The summed E-state index contributed by atoms with van der Waals surface area (Å²) in [6.45, 7) is 8.37. The number of hydrogen-bond donors (Lipinski definition) is 1. The highest BCUT2D eigenvalue weighted by Crippen LogP contribution is 2.21. The monoisotopic (exact) mass is 329 g/mol. The molecule has 0 bridgehead atoms. The summed E-state index contributed by atoms with van der Waals surface area (Å²) in [5.74, 6) is 0.960. The van der Waals surface area contributed by atoms with Crippen LogP contribution in [0.4, 0.5) is 0 Å². The number of rotatable bonds is 10. The Labute approximate surface area is 124 Å². The van der Waals surface area contributed by atoms with Gasteiger partial charge in [-0.2, -0.15) is 0 Å². The lowest BCUT2D eigenvalue weighted by Crippen LogP contribution is -2.22. The van der Waals surface area contributed by atoms with E-state index >= 15 is 0 Å². The number of ether oxygens (including phenoxy) is 2. The highest BCUT2D eigenvalue weighted by atomic mass is 79.9. The predicted molar refractivity (Wildman–Crippen MR) is 83.0 cm³/mol. The predicted octanol–water partition coefficient (Wildman–Crippen LogP) is 3.54. The molecule has 1 rings (SSSR count). The third kappa shape index (κ3) is 7.55. The fraction of sp³-hybridized carbons (Fsp3) is 0.600. The number of unbranched alkanes of at least 4 members (excludes halogenated alkanes) is 1. The fourth-order valence-electron chi connectivity index (χ4n) is 1.73. The van der Waals surface area contributed by atoms with Crippen LogP contribution in [-0.2, 0) is 4.74 Å². The van der Waals surface area contributed by atoms with Crippen LogP contribution in [0.1, 0.15) is 25.3 Å². The lowest BCUT2D eigenvalue weighted by Gasteiger charge is -2.10. The number of benzene rings is 1. The molecule has 0 fully saturated rings. The third-order valence-electron chi connectivity index (χ3n) is 2.77. The van der Waals surface area contributed by atoms with Gasteiger partial charge in [-0.25, -0.2) is 0 Å². The lowest BCUT2D eigenvalue weighted by atomic mass is 10.2. The highest BCUT2D eigenvalue weighted by molar-refractivity contribution is 9.10. The Bertz CT molecular complexity index is 358. The Morgan fingerprint density at radius 3 is 2.74 bits per heavy atom. The van der Waals surface area contributed by atoms with E-state index in [2.05, 4.69) is 34.2 Å². The zero-order valence-corrected chi connectivity index (χ0v) is 13.5. The molecule has 4 heteroatoms. The molecule has 1 N–H and O–H groups in total. The van der Waals surface area contributed by atoms with Crippen LogP contribution in [0.2, 0.25) is 0 Å². The first-order chi connectivity index (χ1) is 9.24. The minimum Gasteiger partial charge on any atom is -0.492 e. The molecule has 0 heterocycles. The van der Waals surface area contributed by atoms with E-state index in [9.17, 15) is 0 Å². The maximum absolute atomic E-state index is 5.73. The van der Waals surface area contributed by atoms with E-state index in [0.717, 1.165) is 54.9 Å². The molecule has 1 aromatic rings. The number of aryl methyl sites for hydroxylation is 1. The van der Waals surface area contributed by atoms with Gasteiger partial charge in [0.05, 0.1) is 0 Å². The molecular formula is C15H24BrNO2. The van der Waals surface area contributed by atoms with Crippen molar-refractivity contribution in [1.29, 1.82) is 0 Å². The maximum Gasteiger partial charge on any atom is 0.122 e. The SMILES string of the molecule is CCOCCCCNCCOc1ccc(Br)cc1C. The van der Waals surface area contributed by atoms with Crippen LogP contribution in [-0.4, -0.2) is 32.9 Å². The Morgan fingerprint density at radius 2 is 2.00 bits per heavy atom. The second-order valence-corrected chi connectivity index (χ2v) is 5.33. The van der Waals surface area contributed by atoms with Crippen molar-refractivity contribution in [3.8, 4) is 5.75 Å². The summed E-state index contributed by atoms with van der Waals surface area (Å²) < 4.78 is 12.1. The van der Waals surface area contributed by atoms with E-state index in [1.54, 1.807) is 0 Å². The number of hydrogen-bond acceptors (Lipinski definition) is 3. The van der Waals surface area contributed by atoms with E-state index in [0.29, 0.717) is 6.61 Å². The summed E-state index contributed by atoms with van der Waals surface area (Å²) in [6, 6.07) is 6.07. The van der Waals surface area contributed by atoms with Gasteiger partial charge in [-0.3, -0.25) is 0 Å². The molecule has 0 spiro atoms. The molecule has 108 valence electrons. The molecule has 0 aromatic heterocycles. The van der Waals surface area contributed by atoms with Crippen molar-refractivity contribution in [2.45, 2.75) is 26.7 Å². The van der Waals surface area contributed by atoms with E-state index in [1.807, 2.05) is 19.1 Å². The molecule has 3 nitrogen and oxygen atoms in total. The van der Waals surface area contributed by atoms with Crippen molar-refractivity contribution < 1.29 is 9.47 Å². The molecule has 0 radical (unpaired) electrons. The Balaban J connectivity index is 2.01. The molecule has 0 atom stereocenters.